The Morgan fingerprint density at radius 2 is 1.59 bits per heavy atom. The number of amides is 1. The fourth-order valence-corrected chi connectivity index (χ4v) is 4.67. The molecule has 2 fully saturated rings. The maximum Gasteiger partial charge on any atom is 0.254 e. The average Bonchev–Trinajstić information content (AvgIpc) is 3.03. The van der Waals surface area contributed by atoms with Crippen molar-refractivity contribution in [2.24, 2.45) is 0 Å². The van der Waals surface area contributed by atoms with Crippen molar-refractivity contribution in [2.75, 3.05) is 18.0 Å². The molecule has 2 bridgehead atoms. The molecule has 1 amide bonds. The Kier molecular flexibility index (Phi) is 4.68. The number of fused-ring (bicyclic) bond motifs is 2. The largest absolute Gasteiger partial charge is 0.337 e. The van der Waals surface area contributed by atoms with Gasteiger partial charge in [-0.2, -0.15) is 0 Å². The molecule has 0 radical (unpaired) electrons. The van der Waals surface area contributed by atoms with Gasteiger partial charge < -0.3 is 9.80 Å². The van der Waals surface area contributed by atoms with E-state index in [4.69, 9.17) is 11.6 Å². The van der Waals surface area contributed by atoms with Gasteiger partial charge in [0.2, 0.25) is 5.95 Å². The van der Waals surface area contributed by atoms with Gasteiger partial charge in [-0.25, -0.2) is 9.97 Å². The number of hydrogen-bond acceptors (Lipinski definition) is 4. The van der Waals surface area contributed by atoms with Crippen LogP contribution in [0.1, 0.15) is 23.2 Å². The van der Waals surface area contributed by atoms with Gasteiger partial charge in [-0.3, -0.25) is 4.79 Å². The van der Waals surface area contributed by atoms with Crippen LogP contribution in [0.5, 0.6) is 0 Å². The summed E-state index contributed by atoms with van der Waals surface area (Å²) in [7, 11) is 0. The molecule has 3 heterocycles. The van der Waals surface area contributed by atoms with Crippen LogP contribution in [0, 0.1) is 0 Å². The third-order valence-corrected chi connectivity index (χ3v) is 6.08. The number of anilines is 1. The Labute approximate surface area is 175 Å². The molecular formula is C23H21ClN4O. The summed E-state index contributed by atoms with van der Waals surface area (Å²) in [6.45, 7) is 1.57. The number of benzene rings is 2. The van der Waals surface area contributed by atoms with E-state index >= 15 is 0 Å². The highest BCUT2D eigenvalue weighted by Gasteiger charge is 2.43. The van der Waals surface area contributed by atoms with E-state index in [1.165, 1.54) is 0 Å². The van der Waals surface area contributed by atoms with Crippen LogP contribution >= 0.6 is 11.6 Å². The van der Waals surface area contributed by atoms with Gasteiger partial charge in [0.05, 0.1) is 12.1 Å². The minimum Gasteiger partial charge on any atom is -0.337 e. The van der Waals surface area contributed by atoms with Crippen LogP contribution in [0.3, 0.4) is 0 Å². The first-order valence-electron chi connectivity index (χ1n) is 9.90. The molecule has 2 aliphatic rings. The lowest BCUT2D eigenvalue weighted by atomic mass is 10.0. The Bertz CT molecular complexity index is 1010. The molecule has 2 aromatic carbocycles. The van der Waals surface area contributed by atoms with Crippen LogP contribution in [0.15, 0.2) is 67.0 Å². The molecule has 2 saturated heterocycles. The van der Waals surface area contributed by atoms with Gasteiger partial charge in [-0.05, 0) is 54.3 Å². The van der Waals surface area contributed by atoms with E-state index in [0.29, 0.717) is 5.02 Å². The molecule has 1 aromatic heterocycles. The molecule has 0 spiro atoms. The van der Waals surface area contributed by atoms with Gasteiger partial charge in [0.1, 0.15) is 0 Å². The molecule has 5 rings (SSSR count). The molecule has 146 valence electrons. The van der Waals surface area contributed by atoms with Gasteiger partial charge in [0.15, 0.2) is 0 Å². The van der Waals surface area contributed by atoms with E-state index in [1.807, 2.05) is 54.6 Å². The summed E-state index contributed by atoms with van der Waals surface area (Å²) in [5.41, 5.74) is 2.84. The van der Waals surface area contributed by atoms with Crippen LogP contribution in [0.4, 0.5) is 5.95 Å². The normalized spacial score (nSPS) is 20.7. The predicted octanol–water partition coefficient (Wildman–Crippen LogP) is 4.29. The summed E-state index contributed by atoms with van der Waals surface area (Å²) in [6, 6.07) is 17.8. The Balaban J connectivity index is 1.34. The number of nitrogens with zero attached hydrogens (tertiary/aromatic N) is 4. The molecule has 29 heavy (non-hydrogen) atoms. The van der Waals surface area contributed by atoms with Gasteiger partial charge in [-0.15, -0.1) is 0 Å². The Morgan fingerprint density at radius 1 is 0.897 bits per heavy atom. The number of carbonyl (C=O) groups is 1. The van der Waals surface area contributed by atoms with E-state index in [-0.39, 0.29) is 18.0 Å². The molecule has 5 nitrogen and oxygen atoms in total. The van der Waals surface area contributed by atoms with E-state index < -0.39 is 0 Å². The molecule has 2 atom stereocenters. The van der Waals surface area contributed by atoms with Gasteiger partial charge in [0.25, 0.3) is 5.91 Å². The quantitative estimate of drug-likeness (QED) is 0.653. The summed E-state index contributed by atoms with van der Waals surface area (Å²) in [5.74, 6) is 0.867. The third-order valence-electron chi connectivity index (χ3n) is 5.84. The second-order valence-corrected chi connectivity index (χ2v) is 8.08. The smallest absolute Gasteiger partial charge is 0.254 e. The van der Waals surface area contributed by atoms with Crippen molar-refractivity contribution in [3.63, 3.8) is 0 Å². The minimum atomic E-state index is 0.115. The van der Waals surface area contributed by atoms with Crippen molar-refractivity contribution in [1.29, 1.82) is 0 Å². The van der Waals surface area contributed by atoms with Crippen LogP contribution in [-0.2, 0) is 0 Å². The lowest BCUT2D eigenvalue weighted by Crippen LogP contribution is -2.56. The molecular weight excluding hydrogens is 384 g/mol. The minimum absolute atomic E-state index is 0.115. The zero-order valence-corrected chi connectivity index (χ0v) is 16.7. The van der Waals surface area contributed by atoms with Crippen molar-refractivity contribution < 1.29 is 4.79 Å². The van der Waals surface area contributed by atoms with Crippen LogP contribution in [-0.4, -0.2) is 45.9 Å². The predicted molar refractivity (Wildman–Crippen MR) is 114 cm³/mol. The first kappa shape index (κ1) is 18.1. The Hall–Kier alpha value is -2.92. The van der Waals surface area contributed by atoms with E-state index in [2.05, 4.69) is 19.8 Å². The van der Waals surface area contributed by atoms with E-state index in [9.17, 15) is 4.79 Å². The molecule has 0 aliphatic carbocycles. The van der Waals surface area contributed by atoms with Crippen molar-refractivity contribution >= 4 is 23.5 Å². The van der Waals surface area contributed by atoms with Gasteiger partial charge in [0, 0.05) is 36.1 Å². The summed E-state index contributed by atoms with van der Waals surface area (Å²) in [5, 5.41) is 0.708. The summed E-state index contributed by atoms with van der Waals surface area (Å²) in [6.07, 6.45) is 5.59. The number of halogens is 1. The summed E-state index contributed by atoms with van der Waals surface area (Å²) >= 11 is 6.10. The lowest BCUT2D eigenvalue weighted by Gasteiger charge is -2.41. The third kappa shape index (κ3) is 3.47. The molecule has 0 saturated carbocycles. The number of rotatable bonds is 3. The molecule has 3 aromatic rings. The first-order valence-corrected chi connectivity index (χ1v) is 10.3. The SMILES string of the molecule is O=C(c1ccc(-c2cccc(Cl)c2)cc1)N1[C@@H]2CC[C@H]1CN(c1ncccn1)C2. The number of aromatic nitrogens is 2. The number of piperazine rings is 1. The van der Waals surface area contributed by atoms with Crippen molar-refractivity contribution in [3.8, 4) is 11.1 Å². The van der Waals surface area contributed by atoms with Gasteiger partial charge >= 0.3 is 0 Å². The standard InChI is InChI=1S/C23H21ClN4O/c24-19-4-1-3-18(13-19)16-5-7-17(8-6-16)22(29)28-20-9-10-21(28)15-27(14-20)23-25-11-2-12-26-23/h1-8,11-13,20-21H,9-10,14-15H2/t20-,21+. The van der Waals surface area contributed by atoms with Crippen LogP contribution < -0.4 is 4.90 Å². The number of hydrogen-bond donors (Lipinski definition) is 0. The maximum absolute atomic E-state index is 13.3. The maximum atomic E-state index is 13.3. The Morgan fingerprint density at radius 3 is 2.24 bits per heavy atom. The highest BCUT2D eigenvalue weighted by Crippen LogP contribution is 2.33. The van der Waals surface area contributed by atoms with Crippen molar-refractivity contribution in [3.05, 3.63) is 77.6 Å². The molecule has 6 heteroatoms. The van der Waals surface area contributed by atoms with Crippen LogP contribution in [0.2, 0.25) is 5.02 Å². The van der Waals surface area contributed by atoms with Gasteiger partial charge in [-0.1, -0.05) is 35.9 Å². The first-order chi connectivity index (χ1) is 14.2. The monoisotopic (exact) mass is 404 g/mol. The second kappa shape index (κ2) is 7.48. The van der Waals surface area contributed by atoms with Crippen molar-refractivity contribution in [1.82, 2.24) is 14.9 Å². The van der Waals surface area contributed by atoms with E-state index in [1.54, 1.807) is 12.4 Å². The average molecular weight is 405 g/mol. The van der Waals surface area contributed by atoms with Crippen molar-refractivity contribution in [2.45, 2.75) is 24.9 Å². The number of carbonyl (C=O) groups excluding carboxylic acids is 1. The van der Waals surface area contributed by atoms with E-state index in [0.717, 1.165) is 48.6 Å². The summed E-state index contributed by atoms with van der Waals surface area (Å²) < 4.78 is 0. The highest BCUT2D eigenvalue weighted by atomic mass is 35.5. The second-order valence-electron chi connectivity index (χ2n) is 7.64. The zero-order chi connectivity index (χ0) is 19.8. The zero-order valence-electron chi connectivity index (χ0n) is 15.9. The molecule has 2 aliphatic heterocycles. The lowest BCUT2D eigenvalue weighted by molar-refractivity contribution is 0.0640. The fourth-order valence-electron chi connectivity index (χ4n) is 4.47. The molecule has 0 N–H and O–H groups in total. The topological polar surface area (TPSA) is 49.3 Å². The highest BCUT2D eigenvalue weighted by molar-refractivity contribution is 6.30. The van der Waals surface area contributed by atoms with Crippen LogP contribution in [0.25, 0.3) is 11.1 Å². The summed E-state index contributed by atoms with van der Waals surface area (Å²) in [4.78, 5) is 26.3. The fraction of sp³-hybridized carbons (Fsp3) is 0.261. The molecule has 0 unspecified atom stereocenters.